The van der Waals surface area contributed by atoms with E-state index in [4.69, 9.17) is 5.73 Å². The maximum atomic E-state index is 12.5. The molecule has 1 amide bonds. The third-order valence-corrected chi connectivity index (χ3v) is 5.86. The van der Waals surface area contributed by atoms with Gasteiger partial charge in [0.2, 0.25) is 0 Å². The number of H-pyrrole nitrogens is 1. The molecule has 1 aliphatic rings. The van der Waals surface area contributed by atoms with E-state index in [0.717, 1.165) is 52.1 Å². The van der Waals surface area contributed by atoms with E-state index in [1.807, 2.05) is 6.92 Å². The van der Waals surface area contributed by atoms with E-state index in [9.17, 15) is 4.79 Å². The second-order valence-electron chi connectivity index (χ2n) is 6.43. The third kappa shape index (κ3) is 3.96. The molecule has 1 saturated heterocycles. The van der Waals surface area contributed by atoms with Gasteiger partial charge in [-0.3, -0.25) is 4.79 Å². The van der Waals surface area contributed by atoms with Gasteiger partial charge in [0.05, 0.1) is 26.2 Å². The topological polar surface area (TPSA) is 99.9 Å². The third-order valence-electron chi connectivity index (χ3n) is 4.50. The first-order valence-corrected chi connectivity index (χ1v) is 10.1. The van der Waals surface area contributed by atoms with Crippen molar-refractivity contribution in [3.8, 4) is 0 Å². The molecule has 0 bridgehead atoms. The number of carbonyl (C=O) groups is 1. The number of hydrogen-bond acceptors (Lipinski definition) is 6. The van der Waals surface area contributed by atoms with Crippen LogP contribution in [0.4, 0.5) is 11.4 Å². The molecule has 0 radical (unpaired) electrons. The lowest BCUT2D eigenvalue weighted by Crippen LogP contribution is -2.43. The van der Waals surface area contributed by atoms with Crippen LogP contribution in [0.15, 0.2) is 22.2 Å². The molecule has 4 N–H and O–H groups in total. The van der Waals surface area contributed by atoms with Crippen LogP contribution < -0.4 is 16.0 Å². The number of carbonyl (C=O) groups excluding carboxylic acids is 1. The molecule has 144 valence electrons. The first kappa shape index (κ1) is 20.1. The van der Waals surface area contributed by atoms with Crippen LogP contribution in [0.5, 0.6) is 0 Å². The predicted molar refractivity (Wildman–Crippen MR) is 115 cm³/mol. The number of anilines is 2. The van der Waals surface area contributed by atoms with Gasteiger partial charge in [-0.05, 0) is 35.7 Å². The number of aromatic amines is 1. The smallest absolute Gasteiger partial charge is 0.275 e. The van der Waals surface area contributed by atoms with Gasteiger partial charge < -0.3 is 20.9 Å². The summed E-state index contributed by atoms with van der Waals surface area (Å²) in [4.78, 5) is 26.6. The molecule has 1 fully saturated rings. The van der Waals surface area contributed by atoms with Gasteiger partial charge in [0.25, 0.3) is 5.91 Å². The number of amides is 1. The van der Waals surface area contributed by atoms with Crippen LogP contribution in [-0.2, 0) is 0 Å². The Hall–Kier alpha value is -1.68. The van der Waals surface area contributed by atoms with Gasteiger partial charge in [-0.15, -0.1) is 23.7 Å². The van der Waals surface area contributed by atoms with Crippen molar-refractivity contribution in [3.63, 3.8) is 0 Å². The number of piperidine rings is 1. The summed E-state index contributed by atoms with van der Waals surface area (Å²) in [5, 5.41) is 6.48. The summed E-state index contributed by atoms with van der Waals surface area (Å²) in [5.41, 5.74) is 9.03. The van der Waals surface area contributed by atoms with Crippen molar-refractivity contribution < 1.29 is 4.79 Å². The summed E-state index contributed by atoms with van der Waals surface area (Å²) in [6.07, 6.45) is 5.63. The van der Waals surface area contributed by atoms with Crippen LogP contribution in [0, 0.1) is 6.92 Å². The highest BCUT2D eigenvalue weighted by Gasteiger charge is 2.24. The Bertz CT molecular complexity index is 974. The quantitative estimate of drug-likeness (QED) is 0.541. The monoisotopic (exact) mass is 470 g/mol. The molecule has 3 aromatic heterocycles. The van der Waals surface area contributed by atoms with Crippen molar-refractivity contribution in [3.05, 3.63) is 32.9 Å². The summed E-state index contributed by atoms with van der Waals surface area (Å²) >= 11 is 5.08. The Morgan fingerprint density at radius 1 is 1.52 bits per heavy atom. The normalized spacial score (nSPS) is 17.0. The largest absolute Gasteiger partial charge is 0.368 e. The SMILES string of the molecule is Cc1nc(C(=O)Nc2c[nH]c3ncc(Br)c(N4CCC[C@@H](N)C4)c23)cs1.Cl. The molecule has 4 heterocycles. The average Bonchev–Trinajstić information content (AvgIpc) is 3.22. The molecular formula is C17H20BrClN6OS. The van der Waals surface area contributed by atoms with Crippen molar-refractivity contribution in [2.45, 2.75) is 25.8 Å². The van der Waals surface area contributed by atoms with Gasteiger partial charge >= 0.3 is 0 Å². The second-order valence-corrected chi connectivity index (χ2v) is 8.35. The molecule has 0 unspecified atom stereocenters. The number of thiazole rings is 1. The highest BCUT2D eigenvalue weighted by atomic mass is 79.9. The number of hydrogen-bond donors (Lipinski definition) is 3. The van der Waals surface area contributed by atoms with Crippen molar-refractivity contribution in [2.75, 3.05) is 23.3 Å². The Morgan fingerprint density at radius 3 is 3.04 bits per heavy atom. The van der Waals surface area contributed by atoms with Gasteiger partial charge in [-0.2, -0.15) is 0 Å². The predicted octanol–water partition coefficient (Wildman–Crippen LogP) is 3.69. The van der Waals surface area contributed by atoms with Gasteiger partial charge in [0, 0.05) is 36.9 Å². The van der Waals surface area contributed by atoms with E-state index in [1.54, 1.807) is 17.8 Å². The van der Waals surface area contributed by atoms with E-state index in [0.29, 0.717) is 11.4 Å². The van der Waals surface area contributed by atoms with E-state index in [-0.39, 0.29) is 24.4 Å². The molecule has 4 rings (SSSR count). The van der Waals surface area contributed by atoms with E-state index < -0.39 is 0 Å². The number of rotatable bonds is 3. The molecule has 10 heteroatoms. The Kier molecular flexibility index (Phi) is 6.05. The fourth-order valence-electron chi connectivity index (χ4n) is 3.33. The Labute approximate surface area is 175 Å². The number of nitrogens with zero attached hydrogens (tertiary/aromatic N) is 3. The van der Waals surface area contributed by atoms with Gasteiger partial charge in [0.1, 0.15) is 11.3 Å². The maximum absolute atomic E-state index is 12.5. The van der Waals surface area contributed by atoms with Gasteiger partial charge in [-0.25, -0.2) is 9.97 Å². The lowest BCUT2D eigenvalue weighted by molar-refractivity contribution is 0.102. The number of pyridine rings is 1. The Balaban J connectivity index is 0.00000210. The summed E-state index contributed by atoms with van der Waals surface area (Å²) in [6, 6.07) is 0.147. The molecule has 3 aromatic rings. The minimum absolute atomic E-state index is 0. The summed E-state index contributed by atoms with van der Waals surface area (Å²) in [5.74, 6) is -0.225. The standard InChI is InChI=1S/C17H19BrN6OS.ClH/c1-9-22-13(8-26-9)17(25)23-12-6-21-16-14(12)15(11(18)5-20-16)24-4-2-3-10(19)7-24;/h5-6,8,10H,2-4,7,19H2,1H3,(H,20,21)(H,23,25);1H/t10-;/m1./s1. The number of nitrogens with two attached hydrogens (primary N) is 1. The number of aryl methyl sites for hydroxylation is 1. The maximum Gasteiger partial charge on any atom is 0.275 e. The molecule has 0 spiro atoms. The van der Waals surface area contributed by atoms with Crippen molar-refractivity contribution in [1.29, 1.82) is 0 Å². The molecule has 0 aliphatic carbocycles. The molecule has 0 saturated carbocycles. The fraction of sp³-hybridized carbons (Fsp3) is 0.353. The average molecular weight is 472 g/mol. The first-order chi connectivity index (χ1) is 12.5. The lowest BCUT2D eigenvalue weighted by Gasteiger charge is -2.33. The van der Waals surface area contributed by atoms with Crippen molar-refractivity contribution >= 4 is 68.0 Å². The molecule has 27 heavy (non-hydrogen) atoms. The minimum Gasteiger partial charge on any atom is -0.368 e. The summed E-state index contributed by atoms with van der Waals surface area (Å²) in [6.45, 7) is 3.59. The first-order valence-electron chi connectivity index (χ1n) is 8.42. The Morgan fingerprint density at radius 2 is 2.33 bits per heavy atom. The van der Waals surface area contributed by atoms with E-state index >= 15 is 0 Å². The molecule has 7 nitrogen and oxygen atoms in total. The fourth-order valence-corrected chi connectivity index (χ4v) is 4.47. The summed E-state index contributed by atoms with van der Waals surface area (Å²) < 4.78 is 0.888. The summed E-state index contributed by atoms with van der Waals surface area (Å²) in [7, 11) is 0. The highest BCUT2D eigenvalue weighted by molar-refractivity contribution is 9.10. The van der Waals surface area contributed by atoms with Crippen LogP contribution in [0.25, 0.3) is 11.0 Å². The van der Waals surface area contributed by atoms with E-state index in [1.165, 1.54) is 11.3 Å². The molecule has 1 atom stereocenters. The van der Waals surface area contributed by atoms with Crippen LogP contribution >= 0.6 is 39.7 Å². The van der Waals surface area contributed by atoms with Crippen molar-refractivity contribution in [1.82, 2.24) is 15.0 Å². The minimum atomic E-state index is -0.225. The van der Waals surface area contributed by atoms with Gasteiger partial charge in [-0.1, -0.05) is 0 Å². The zero-order valence-electron chi connectivity index (χ0n) is 14.7. The lowest BCUT2D eigenvalue weighted by atomic mass is 10.1. The zero-order valence-corrected chi connectivity index (χ0v) is 17.9. The number of fused-ring (bicyclic) bond motifs is 1. The highest BCUT2D eigenvalue weighted by Crippen LogP contribution is 2.38. The molecule has 0 aromatic carbocycles. The zero-order chi connectivity index (χ0) is 18.3. The van der Waals surface area contributed by atoms with Gasteiger partial charge in [0.15, 0.2) is 0 Å². The molecular weight excluding hydrogens is 452 g/mol. The number of nitrogens with one attached hydrogen (secondary N) is 2. The van der Waals surface area contributed by atoms with Crippen LogP contribution in [0.1, 0.15) is 28.3 Å². The van der Waals surface area contributed by atoms with E-state index in [2.05, 4.69) is 41.1 Å². The number of halogens is 2. The van der Waals surface area contributed by atoms with Crippen LogP contribution in [0.2, 0.25) is 0 Å². The van der Waals surface area contributed by atoms with Crippen molar-refractivity contribution in [2.24, 2.45) is 5.73 Å². The van der Waals surface area contributed by atoms with Crippen LogP contribution in [-0.4, -0.2) is 40.0 Å². The van der Waals surface area contributed by atoms with Crippen LogP contribution in [0.3, 0.4) is 0 Å². The molecule has 1 aliphatic heterocycles. The second kappa shape index (κ2) is 8.14. The number of aromatic nitrogens is 3.